The molecule has 1 nitrogen and oxygen atoms in total. The quantitative estimate of drug-likeness (QED) is 0.522. The molecule has 0 aromatic carbocycles. The molecule has 9 heavy (non-hydrogen) atoms. The molecule has 0 aliphatic heterocycles. The monoisotopic (exact) mass is 125 g/mol. The minimum absolute atomic E-state index is 0.567. The molecule has 1 heteroatoms. The van der Waals surface area contributed by atoms with Crippen molar-refractivity contribution in [2.24, 2.45) is 17.6 Å². The van der Waals surface area contributed by atoms with Crippen LogP contribution >= 0.6 is 0 Å². The Hall–Kier alpha value is -0.0400. The summed E-state index contributed by atoms with van der Waals surface area (Å²) in [6.45, 7) is 0. The maximum absolute atomic E-state index is 5.92. The molecule has 0 aromatic heterocycles. The molecule has 3 atom stereocenters. The van der Waals surface area contributed by atoms with Crippen LogP contribution < -0.4 is 5.73 Å². The SMILES string of the molecule is N[C@H]1C[C@@H]2CCC[C@H]1C2. The third-order valence-corrected chi connectivity index (χ3v) is 3.03. The summed E-state index contributed by atoms with van der Waals surface area (Å²) in [4.78, 5) is 0. The lowest BCUT2D eigenvalue weighted by atomic mass is 9.89. The second-order valence-corrected chi connectivity index (χ2v) is 3.69. The highest BCUT2D eigenvalue weighted by Gasteiger charge is 2.34. The third-order valence-electron chi connectivity index (χ3n) is 3.03. The fourth-order valence-corrected chi connectivity index (χ4v) is 2.51. The Morgan fingerprint density at radius 2 is 2.00 bits per heavy atom. The van der Waals surface area contributed by atoms with Gasteiger partial charge in [-0.2, -0.15) is 0 Å². The van der Waals surface area contributed by atoms with Crippen molar-refractivity contribution < 1.29 is 0 Å². The van der Waals surface area contributed by atoms with Crippen molar-refractivity contribution in [1.29, 1.82) is 0 Å². The summed E-state index contributed by atoms with van der Waals surface area (Å²) in [7, 11) is 0. The molecule has 0 saturated heterocycles. The maximum Gasteiger partial charge on any atom is 0.00699 e. The molecular weight excluding hydrogens is 110 g/mol. The van der Waals surface area contributed by atoms with Gasteiger partial charge in [0.1, 0.15) is 0 Å². The molecule has 2 aliphatic rings. The zero-order valence-electron chi connectivity index (χ0n) is 5.84. The van der Waals surface area contributed by atoms with Crippen LogP contribution in [0.2, 0.25) is 0 Å². The van der Waals surface area contributed by atoms with E-state index in [-0.39, 0.29) is 0 Å². The van der Waals surface area contributed by atoms with E-state index >= 15 is 0 Å². The number of hydrogen-bond donors (Lipinski definition) is 1. The molecule has 2 N–H and O–H groups in total. The van der Waals surface area contributed by atoms with Gasteiger partial charge in [0.25, 0.3) is 0 Å². The molecule has 0 unspecified atom stereocenters. The first-order valence-electron chi connectivity index (χ1n) is 4.12. The van der Waals surface area contributed by atoms with Crippen LogP contribution in [0.25, 0.3) is 0 Å². The molecule has 0 radical (unpaired) electrons. The Balaban J connectivity index is 2.07. The van der Waals surface area contributed by atoms with E-state index in [0.29, 0.717) is 6.04 Å². The van der Waals surface area contributed by atoms with Gasteiger partial charge in [0.15, 0.2) is 0 Å². The summed E-state index contributed by atoms with van der Waals surface area (Å²) < 4.78 is 0. The van der Waals surface area contributed by atoms with Crippen molar-refractivity contribution in [1.82, 2.24) is 0 Å². The van der Waals surface area contributed by atoms with E-state index in [1.54, 1.807) is 0 Å². The van der Waals surface area contributed by atoms with Crippen LogP contribution in [0.5, 0.6) is 0 Å². The van der Waals surface area contributed by atoms with Gasteiger partial charge in [-0.25, -0.2) is 0 Å². The number of nitrogens with two attached hydrogens (primary N) is 1. The zero-order valence-corrected chi connectivity index (χ0v) is 5.84. The van der Waals surface area contributed by atoms with Crippen molar-refractivity contribution in [3.05, 3.63) is 0 Å². The highest BCUT2D eigenvalue weighted by Crippen LogP contribution is 2.40. The van der Waals surface area contributed by atoms with Gasteiger partial charge >= 0.3 is 0 Å². The van der Waals surface area contributed by atoms with Gasteiger partial charge in [-0.3, -0.25) is 0 Å². The van der Waals surface area contributed by atoms with E-state index in [1.165, 1.54) is 32.1 Å². The molecule has 0 aromatic rings. The van der Waals surface area contributed by atoms with Crippen molar-refractivity contribution >= 4 is 0 Å². The second kappa shape index (κ2) is 1.98. The van der Waals surface area contributed by atoms with Crippen LogP contribution in [0.15, 0.2) is 0 Å². The second-order valence-electron chi connectivity index (χ2n) is 3.69. The molecule has 2 saturated carbocycles. The average Bonchev–Trinajstić information content (AvgIpc) is 2.09. The van der Waals surface area contributed by atoms with Gasteiger partial charge < -0.3 is 5.73 Å². The Labute approximate surface area is 56.6 Å². The van der Waals surface area contributed by atoms with Crippen LogP contribution in [0, 0.1) is 11.8 Å². The molecule has 2 bridgehead atoms. The van der Waals surface area contributed by atoms with E-state index in [2.05, 4.69) is 0 Å². The van der Waals surface area contributed by atoms with Crippen LogP contribution in [0.4, 0.5) is 0 Å². The van der Waals surface area contributed by atoms with Gasteiger partial charge in [-0.05, 0) is 31.1 Å². The predicted octanol–water partition coefficient (Wildman–Crippen LogP) is 1.52. The number of fused-ring (bicyclic) bond motifs is 2. The zero-order chi connectivity index (χ0) is 6.27. The largest absolute Gasteiger partial charge is 0.327 e. The van der Waals surface area contributed by atoms with E-state index < -0.39 is 0 Å². The van der Waals surface area contributed by atoms with Crippen molar-refractivity contribution in [3.63, 3.8) is 0 Å². The van der Waals surface area contributed by atoms with Gasteiger partial charge in [-0.15, -0.1) is 0 Å². The molecule has 0 heterocycles. The minimum Gasteiger partial charge on any atom is -0.327 e. The molecule has 0 spiro atoms. The Morgan fingerprint density at radius 1 is 1.11 bits per heavy atom. The van der Waals surface area contributed by atoms with Crippen LogP contribution in [-0.4, -0.2) is 6.04 Å². The van der Waals surface area contributed by atoms with E-state index in [0.717, 1.165) is 11.8 Å². The number of hydrogen-bond acceptors (Lipinski definition) is 1. The van der Waals surface area contributed by atoms with Gasteiger partial charge in [0, 0.05) is 6.04 Å². The Kier molecular flexibility index (Phi) is 1.26. The fraction of sp³-hybridized carbons (Fsp3) is 1.00. The van der Waals surface area contributed by atoms with Crippen molar-refractivity contribution in [2.75, 3.05) is 0 Å². The van der Waals surface area contributed by atoms with Crippen molar-refractivity contribution in [2.45, 2.75) is 38.1 Å². The molecule has 0 amide bonds. The lowest BCUT2D eigenvalue weighted by molar-refractivity contribution is 0.350. The number of rotatable bonds is 0. The highest BCUT2D eigenvalue weighted by molar-refractivity contribution is 4.89. The normalized spacial score (nSPS) is 49.7. The van der Waals surface area contributed by atoms with Crippen molar-refractivity contribution in [3.8, 4) is 0 Å². The molecule has 52 valence electrons. The van der Waals surface area contributed by atoms with Crippen LogP contribution in [0.1, 0.15) is 32.1 Å². The first-order valence-corrected chi connectivity index (χ1v) is 4.12. The first-order chi connectivity index (χ1) is 4.36. The van der Waals surface area contributed by atoms with E-state index in [9.17, 15) is 0 Å². The van der Waals surface area contributed by atoms with E-state index in [4.69, 9.17) is 5.73 Å². The molecule has 2 aliphatic carbocycles. The topological polar surface area (TPSA) is 26.0 Å². The summed E-state index contributed by atoms with van der Waals surface area (Å²) in [5.41, 5.74) is 5.92. The van der Waals surface area contributed by atoms with Gasteiger partial charge in [0.2, 0.25) is 0 Å². The average molecular weight is 125 g/mol. The smallest absolute Gasteiger partial charge is 0.00699 e. The Morgan fingerprint density at radius 3 is 2.67 bits per heavy atom. The lowest BCUT2D eigenvalue weighted by Crippen LogP contribution is -2.23. The summed E-state index contributed by atoms with van der Waals surface area (Å²) in [5, 5.41) is 0. The highest BCUT2D eigenvalue weighted by atomic mass is 14.7. The minimum atomic E-state index is 0.567. The first kappa shape index (κ1) is 5.72. The maximum atomic E-state index is 5.92. The standard InChI is InChI=1S/C8H15N/c9-8-5-6-2-1-3-7(8)4-6/h6-8H,1-5,9H2/t6-,7+,8+/m1/s1. The summed E-state index contributed by atoms with van der Waals surface area (Å²) in [6.07, 6.45) is 7.09. The molecule has 2 rings (SSSR count). The molecule has 2 fully saturated rings. The fourth-order valence-electron chi connectivity index (χ4n) is 2.51. The third kappa shape index (κ3) is 0.877. The lowest BCUT2D eigenvalue weighted by Gasteiger charge is -2.18. The Bertz CT molecular complexity index is 109. The summed E-state index contributed by atoms with van der Waals surface area (Å²) >= 11 is 0. The predicted molar refractivity (Wildman–Crippen MR) is 38.0 cm³/mol. The molecular formula is C8H15N. The van der Waals surface area contributed by atoms with Crippen LogP contribution in [-0.2, 0) is 0 Å². The van der Waals surface area contributed by atoms with E-state index in [1.807, 2.05) is 0 Å². The van der Waals surface area contributed by atoms with Gasteiger partial charge in [-0.1, -0.05) is 12.8 Å². The summed E-state index contributed by atoms with van der Waals surface area (Å²) in [5.74, 6) is 1.92. The van der Waals surface area contributed by atoms with Gasteiger partial charge in [0.05, 0.1) is 0 Å². The van der Waals surface area contributed by atoms with Crippen LogP contribution in [0.3, 0.4) is 0 Å². The summed E-state index contributed by atoms with van der Waals surface area (Å²) in [6, 6.07) is 0.567.